The summed E-state index contributed by atoms with van der Waals surface area (Å²) >= 11 is 0. The molecule has 0 atom stereocenters. The quantitative estimate of drug-likeness (QED) is 0.0177. The topological polar surface area (TPSA) is 178 Å². The molecule has 5 aliphatic heterocycles. The predicted molar refractivity (Wildman–Crippen MR) is 360 cm³/mol. The lowest BCUT2D eigenvalue weighted by atomic mass is 9.95. The molecule has 15 nitrogen and oxygen atoms in total. The molecule has 0 radical (unpaired) electrons. The van der Waals surface area contributed by atoms with Crippen molar-refractivity contribution in [2.75, 3.05) is 66.1 Å². The lowest BCUT2D eigenvalue weighted by molar-refractivity contribution is -0.148. The van der Waals surface area contributed by atoms with E-state index < -0.39 is 107 Å². The Morgan fingerprint density at radius 3 is 1.06 bits per heavy atom. The number of carbonyl (C=O) groups excluding carboxylic acids is 5. The van der Waals surface area contributed by atoms with Crippen molar-refractivity contribution in [2.24, 2.45) is 29.6 Å². The monoisotopic (exact) mass is 1550 g/mol. The molecule has 5 aromatic carbocycles. The summed E-state index contributed by atoms with van der Waals surface area (Å²) < 4.78 is 243. The van der Waals surface area contributed by atoms with Crippen molar-refractivity contribution in [1.82, 2.24) is 0 Å². The molecule has 0 N–H and O–H groups in total. The maximum absolute atomic E-state index is 13.4. The van der Waals surface area contributed by atoms with Crippen LogP contribution in [-0.4, -0.2) is 95.9 Å². The molecule has 0 spiro atoms. The van der Waals surface area contributed by atoms with E-state index in [-0.39, 0.29) is 62.1 Å². The van der Waals surface area contributed by atoms with Crippen LogP contribution in [0.25, 0.3) is 0 Å². The molecule has 0 aliphatic carbocycles. The molecule has 5 aromatic rings. The first-order valence-electron chi connectivity index (χ1n) is 35.9. The van der Waals surface area contributed by atoms with Crippen LogP contribution in [0.4, 0.5) is 65.9 Å². The lowest BCUT2D eigenvalue weighted by Gasteiger charge is -2.21. The van der Waals surface area contributed by atoms with Crippen molar-refractivity contribution in [3.8, 4) is 0 Å². The SMILES string of the molecule is O=C(CCC1CCOCC1)OCc1c(F)ccc(F)c1F.O=C(CCC1CCOCC1)OCc1ccc(C(F)(F)F)cc1.O=C(CCC1CCOCC1)OCc1ccc(F)c(F)c1F.O=C(CCC1CCOCC1)OCc1cccc(C(F)(F)F)c1.O=C(CCC1CCOCC1)OCc1ccccc1C(F)(F)F. The Morgan fingerprint density at radius 2 is 0.657 bits per heavy atom. The van der Waals surface area contributed by atoms with Gasteiger partial charge in [0.2, 0.25) is 0 Å². The van der Waals surface area contributed by atoms with Gasteiger partial charge in [0.1, 0.15) is 38.9 Å². The third kappa shape index (κ3) is 34.0. The summed E-state index contributed by atoms with van der Waals surface area (Å²) in [6.07, 6.45) is 0.994. The molecule has 108 heavy (non-hydrogen) atoms. The van der Waals surface area contributed by atoms with E-state index in [9.17, 15) is 89.8 Å². The Bertz CT molecular complexity index is 3520. The van der Waals surface area contributed by atoms with Gasteiger partial charge in [-0.1, -0.05) is 42.5 Å². The third-order valence-corrected chi connectivity index (χ3v) is 18.6. The van der Waals surface area contributed by atoms with Crippen molar-refractivity contribution in [1.29, 1.82) is 0 Å². The van der Waals surface area contributed by atoms with E-state index in [0.717, 1.165) is 152 Å². The number of alkyl halides is 9. The molecular formula is C78H91F15O15. The van der Waals surface area contributed by atoms with Gasteiger partial charge >= 0.3 is 48.4 Å². The van der Waals surface area contributed by atoms with E-state index in [0.29, 0.717) is 119 Å². The van der Waals surface area contributed by atoms with Crippen LogP contribution in [0.15, 0.2) is 97.1 Å². The highest BCUT2D eigenvalue weighted by Gasteiger charge is 2.34. The van der Waals surface area contributed by atoms with Crippen LogP contribution in [0.5, 0.6) is 0 Å². The molecule has 0 amide bonds. The summed E-state index contributed by atoms with van der Waals surface area (Å²) in [5.74, 6) is -7.43. The van der Waals surface area contributed by atoms with E-state index in [4.69, 9.17) is 47.4 Å². The van der Waals surface area contributed by atoms with E-state index in [1.165, 1.54) is 42.5 Å². The number of rotatable bonds is 25. The zero-order valence-electron chi connectivity index (χ0n) is 59.7. The van der Waals surface area contributed by atoms with Gasteiger partial charge in [0, 0.05) is 109 Å². The van der Waals surface area contributed by atoms with Crippen molar-refractivity contribution in [3.05, 3.63) is 176 Å². The number of esters is 5. The lowest BCUT2D eigenvalue weighted by Crippen LogP contribution is -2.17. The minimum Gasteiger partial charge on any atom is -0.461 e. The van der Waals surface area contributed by atoms with Crippen molar-refractivity contribution < 1.29 is 137 Å². The van der Waals surface area contributed by atoms with Crippen molar-refractivity contribution in [2.45, 2.75) is 180 Å². The maximum Gasteiger partial charge on any atom is 0.416 e. The van der Waals surface area contributed by atoms with Gasteiger partial charge in [0.15, 0.2) is 29.1 Å². The van der Waals surface area contributed by atoms with E-state index in [1.807, 2.05) is 0 Å². The highest BCUT2D eigenvalue weighted by atomic mass is 19.4. The summed E-state index contributed by atoms with van der Waals surface area (Å²) in [6.45, 7) is 5.70. The van der Waals surface area contributed by atoms with Gasteiger partial charge in [0.05, 0.1) is 22.3 Å². The number of carbonyl (C=O) groups is 5. The Kier molecular flexibility index (Phi) is 38.5. The van der Waals surface area contributed by atoms with Gasteiger partial charge in [-0.15, -0.1) is 0 Å². The number of hydrogen-bond donors (Lipinski definition) is 0. The first-order valence-corrected chi connectivity index (χ1v) is 35.9. The normalized spacial score (nSPS) is 16.3. The number of hydrogen-bond acceptors (Lipinski definition) is 15. The number of benzene rings is 5. The molecule has 10 rings (SSSR count). The van der Waals surface area contributed by atoms with Crippen LogP contribution >= 0.6 is 0 Å². The highest BCUT2D eigenvalue weighted by Crippen LogP contribution is 2.34. The molecule has 5 fully saturated rings. The molecule has 5 aliphatic rings. The molecule has 5 heterocycles. The highest BCUT2D eigenvalue weighted by molar-refractivity contribution is 5.71. The van der Waals surface area contributed by atoms with Crippen LogP contribution in [-0.2, 0) is 123 Å². The summed E-state index contributed by atoms with van der Waals surface area (Å²) in [5.41, 5.74) is -2.06. The van der Waals surface area contributed by atoms with Crippen LogP contribution in [0.1, 0.15) is 173 Å². The second kappa shape index (κ2) is 46.6. The zero-order valence-corrected chi connectivity index (χ0v) is 59.7. The fourth-order valence-corrected chi connectivity index (χ4v) is 11.9. The Morgan fingerprint density at radius 1 is 0.315 bits per heavy atom. The fraction of sp³-hybridized carbons (Fsp3) is 0.551. The first-order chi connectivity index (χ1) is 51.5. The average molecular weight is 1550 g/mol. The van der Waals surface area contributed by atoms with Gasteiger partial charge in [0.25, 0.3) is 0 Å². The zero-order chi connectivity index (χ0) is 78.5. The smallest absolute Gasteiger partial charge is 0.416 e. The second-order valence-corrected chi connectivity index (χ2v) is 26.5. The van der Waals surface area contributed by atoms with Crippen LogP contribution in [0, 0.1) is 64.5 Å². The van der Waals surface area contributed by atoms with Gasteiger partial charge < -0.3 is 47.4 Å². The van der Waals surface area contributed by atoms with Gasteiger partial charge in [-0.25, -0.2) is 26.3 Å². The summed E-state index contributed by atoms with van der Waals surface area (Å²) in [6, 6.07) is 18.0. The van der Waals surface area contributed by atoms with E-state index in [2.05, 4.69) is 0 Å². The molecule has 0 bridgehead atoms. The Labute approximate surface area is 617 Å². The largest absolute Gasteiger partial charge is 0.461 e. The van der Waals surface area contributed by atoms with Crippen molar-refractivity contribution >= 4 is 29.8 Å². The molecule has 0 aromatic heterocycles. The summed E-state index contributed by atoms with van der Waals surface area (Å²) in [7, 11) is 0. The standard InChI is InChI=1S/3C16H19F3O3.2C15H17F3O3/c17-16(18,19)14-4-1-13(2-5-14)11-22-15(20)6-3-12-7-9-21-10-8-12;17-16(18,19)14-3-1-2-13(10-14)11-22-15(20)5-4-12-6-8-21-9-7-12;17-16(18,19)14-4-2-1-3-13(14)11-22-15(20)6-5-12-7-9-21-10-8-12;16-12-2-3-13(17)15(18)11(12)9-21-14(19)4-1-10-5-7-20-8-6-10;16-12-3-2-11(14(17)15(12)18)9-21-13(19)4-1-10-5-7-20-8-6-10/h1-2,4-5,12H,3,6-11H2;1-3,10,12H,4-9,11H2;1-4,12H,5-11H2;2*2-3,10H,1,4-9H2. The number of halogens is 15. The van der Waals surface area contributed by atoms with Crippen LogP contribution in [0.3, 0.4) is 0 Å². The van der Waals surface area contributed by atoms with Gasteiger partial charge in [-0.05, 0) is 192 Å². The van der Waals surface area contributed by atoms with Crippen molar-refractivity contribution in [3.63, 3.8) is 0 Å². The van der Waals surface area contributed by atoms with E-state index in [1.54, 1.807) is 0 Å². The summed E-state index contributed by atoms with van der Waals surface area (Å²) in [5, 5.41) is 0. The Hall–Kier alpha value is -7.80. The van der Waals surface area contributed by atoms with E-state index >= 15 is 0 Å². The Balaban J connectivity index is 0.000000211. The molecule has 30 heteroatoms. The van der Waals surface area contributed by atoms with Crippen LogP contribution < -0.4 is 0 Å². The maximum atomic E-state index is 13.4. The van der Waals surface area contributed by atoms with Gasteiger partial charge in [-0.3, -0.25) is 24.0 Å². The fourth-order valence-electron chi connectivity index (χ4n) is 11.9. The molecule has 598 valence electrons. The molecule has 5 saturated heterocycles. The van der Waals surface area contributed by atoms with Crippen LogP contribution in [0.2, 0.25) is 0 Å². The number of ether oxygens (including phenoxy) is 10. The molecule has 0 unspecified atom stereocenters. The minimum atomic E-state index is -4.44. The molecular weight excluding hydrogens is 1460 g/mol. The molecule has 0 saturated carbocycles. The first kappa shape index (κ1) is 89.1. The van der Waals surface area contributed by atoms with Gasteiger partial charge in [-0.2, -0.15) is 39.5 Å². The predicted octanol–water partition coefficient (Wildman–Crippen LogP) is 18.6. The third-order valence-electron chi connectivity index (χ3n) is 18.6. The summed E-state index contributed by atoms with van der Waals surface area (Å²) in [4.78, 5) is 58.2. The minimum absolute atomic E-state index is 0.00471. The average Bonchev–Trinajstić information content (AvgIpc) is 0.875. The second-order valence-electron chi connectivity index (χ2n) is 26.5.